The second kappa shape index (κ2) is 8.82. The number of aromatic nitrogens is 3. The smallest absolute Gasteiger partial charge is 0.277 e. The van der Waals surface area contributed by atoms with Crippen molar-refractivity contribution >= 4 is 32.1 Å². The Kier molecular flexibility index (Phi) is 5.84. The molecule has 2 aromatic carbocycles. The normalized spacial score (nSPS) is 15.1. The SMILES string of the molecule is COc1ccc(S(=O)(=O)N2CCN(c3cc(=O)n4nc(-c5cccc(C)c5)sc4n3)CC2)cc1. The van der Waals surface area contributed by atoms with Gasteiger partial charge in [-0.05, 0) is 37.3 Å². The fourth-order valence-electron chi connectivity index (χ4n) is 3.91. The van der Waals surface area contributed by atoms with Crippen LogP contribution in [0.3, 0.4) is 0 Å². The van der Waals surface area contributed by atoms with E-state index in [-0.39, 0.29) is 10.5 Å². The topological polar surface area (TPSA) is 97.1 Å². The van der Waals surface area contributed by atoms with Gasteiger partial charge in [-0.2, -0.15) is 13.9 Å². The van der Waals surface area contributed by atoms with Gasteiger partial charge in [0.15, 0.2) is 0 Å². The third-order valence-corrected chi connectivity index (χ3v) is 8.63. The molecule has 4 aromatic rings. The van der Waals surface area contributed by atoms with Crippen molar-refractivity contribution in [3.05, 3.63) is 70.5 Å². The second-order valence-corrected chi connectivity index (χ2v) is 10.9. The van der Waals surface area contributed by atoms with Crippen molar-refractivity contribution < 1.29 is 13.2 Å². The number of sulfonamides is 1. The van der Waals surface area contributed by atoms with Crippen molar-refractivity contribution in [3.63, 3.8) is 0 Å². The quantitative estimate of drug-likeness (QED) is 0.418. The van der Waals surface area contributed by atoms with E-state index in [1.807, 2.05) is 36.1 Å². The Morgan fingerprint density at radius 3 is 2.41 bits per heavy atom. The molecule has 9 nitrogen and oxygen atoms in total. The number of hydrogen-bond donors (Lipinski definition) is 0. The standard InChI is InChI=1S/C23H23N5O4S2/c1-16-4-3-5-17(14-16)22-25-28-21(29)15-20(24-23(28)33-22)26-10-12-27(13-11-26)34(30,31)19-8-6-18(32-2)7-9-19/h3-9,14-15H,10-13H2,1-2H3. The van der Waals surface area contributed by atoms with E-state index in [0.717, 1.165) is 16.1 Å². The molecule has 176 valence electrons. The van der Waals surface area contributed by atoms with Crippen LogP contribution in [0.2, 0.25) is 0 Å². The molecule has 1 aliphatic rings. The van der Waals surface area contributed by atoms with E-state index in [4.69, 9.17) is 4.74 Å². The monoisotopic (exact) mass is 497 g/mol. The number of fused-ring (bicyclic) bond motifs is 1. The van der Waals surface area contributed by atoms with Gasteiger partial charge in [0.1, 0.15) is 16.6 Å². The van der Waals surface area contributed by atoms with Crippen LogP contribution in [0.15, 0.2) is 64.3 Å². The summed E-state index contributed by atoms with van der Waals surface area (Å²) in [6, 6.07) is 15.8. The highest BCUT2D eigenvalue weighted by Gasteiger charge is 2.29. The number of benzene rings is 2. The summed E-state index contributed by atoms with van der Waals surface area (Å²) in [5.74, 6) is 1.14. The molecule has 1 fully saturated rings. The lowest BCUT2D eigenvalue weighted by Gasteiger charge is -2.34. The van der Waals surface area contributed by atoms with E-state index in [1.54, 1.807) is 24.3 Å². The number of methoxy groups -OCH3 is 1. The summed E-state index contributed by atoms with van der Waals surface area (Å²) >= 11 is 1.35. The summed E-state index contributed by atoms with van der Waals surface area (Å²) in [5.41, 5.74) is 1.79. The molecule has 11 heteroatoms. The van der Waals surface area contributed by atoms with E-state index in [9.17, 15) is 13.2 Å². The van der Waals surface area contributed by atoms with E-state index < -0.39 is 10.0 Å². The van der Waals surface area contributed by atoms with Gasteiger partial charge in [0.05, 0.1) is 12.0 Å². The van der Waals surface area contributed by atoms with Crippen LogP contribution >= 0.6 is 11.3 Å². The minimum absolute atomic E-state index is 0.230. The maximum atomic E-state index is 13.0. The predicted octanol–water partition coefficient (Wildman–Crippen LogP) is 2.65. The van der Waals surface area contributed by atoms with Gasteiger partial charge < -0.3 is 9.64 Å². The van der Waals surface area contributed by atoms with Crippen molar-refractivity contribution in [1.29, 1.82) is 0 Å². The number of aryl methyl sites for hydroxylation is 1. The number of ether oxygens (including phenoxy) is 1. The Hall–Kier alpha value is -3.28. The summed E-state index contributed by atoms with van der Waals surface area (Å²) in [6.07, 6.45) is 0. The number of rotatable bonds is 5. The summed E-state index contributed by atoms with van der Waals surface area (Å²) in [6.45, 7) is 3.47. The molecule has 0 N–H and O–H groups in total. The first kappa shape index (κ1) is 22.5. The lowest BCUT2D eigenvalue weighted by molar-refractivity contribution is 0.383. The number of nitrogens with zero attached hydrogens (tertiary/aromatic N) is 5. The molecule has 1 saturated heterocycles. The van der Waals surface area contributed by atoms with Crippen LogP contribution in [0.4, 0.5) is 5.82 Å². The Labute approximate surface area is 200 Å². The fourth-order valence-corrected chi connectivity index (χ4v) is 6.23. The molecule has 0 bridgehead atoms. The average molecular weight is 498 g/mol. The number of hydrogen-bond acceptors (Lipinski definition) is 8. The molecular formula is C23H23N5O4S2. The van der Waals surface area contributed by atoms with Gasteiger partial charge in [-0.3, -0.25) is 4.79 Å². The first-order chi connectivity index (χ1) is 16.3. The Morgan fingerprint density at radius 2 is 1.74 bits per heavy atom. The lowest BCUT2D eigenvalue weighted by atomic mass is 10.1. The van der Waals surface area contributed by atoms with Gasteiger partial charge in [0, 0.05) is 37.8 Å². The van der Waals surface area contributed by atoms with E-state index >= 15 is 0 Å². The van der Waals surface area contributed by atoms with Crippen LogP contribution < -0.4 is 15.2 Å². The molecule has 0 unspecified atom stereocenters. The lowest BCUT2D eigenvalue weighted by Crippen LogP contribution is -2.49. The highest BCUT2D eigenvalue weighted by Crippen LogP contribution is 2.27. The number of anilines is 1. The average Bonchev–Trinajstić information content (AvgIpc) is 3.29. The van der Waals surface area contributed by atoms with Gasteiger partial charge in [-0.15, -0.1) is 0 Å². The zero-order valence-electron chi connectivity index (χ0n) is 18.7. The summed E-state index contributed by atoms with van der Waals surface area (Å²) in [5, 5.41) is 5.17. The van der Waals surface area contributed by atoms with Crippen molar-refractivity contribution in [1.82, 2.24) is 18.9 Å². The van der Waals surface area contributed by atoms with Crippen LogP contribution in [0.1, 0.15) is 5.56 Å². The van der Waals surface area contributed by atoms with E-state index in [2.05, 4.69) is 10.1 Å². The molecule has 0 radical (unpaired) electrons. The minimum Gasteiger partial charge on any atom is -0.497 e. The molecule has 0 saturated carbocycles. The summed E-state index contributed by atoms with van der Waals surface area (Å²) < 4.78 is 33.9. The highest BCUT2D eigenvalue weighted by atomic mass is 32.2. The predicted molar refractivity (Wildman–Crippen MR) is 131 cm³/mol. The van der Waals surface area contributed by atoms with Crippen molar-refractivity contribution in [2.24, 2.45) is 0 Å². The third kappa shape index (κ3) is 4.17. The van der Waals surface area contributed by atoms with Crippen molar-refractivity contribution in [2.75, 3.05) is 38.2 Å². The fraction of sp³-hybridized carbons (Fsp3) is 0.261. The zero-order chi connectivity index (χ0) is 23.9. The first-order valence-electron chi connectivity index (χ1n) is 10.7. The van der Waals surface area contributed by atoms with Gasteiger partial charge in [-0.1, -0.05) is 35.1 Å². The highest BCUT2D eigenvalue weighted by molar-refractivity contribution is 7.89. The van der Waals surface area contributed by atoms with Gasteiger partial charge in [0.2, 0.25) is 15.0 Å². The van der Waals surface area contributed by atoms with Crippen LogP contribution in [-0.2, 0) is 10.0 Å². The molecule has 3 heterocycles. The molecule has 0 atom stereocenters. The zero-order valence-corrected chi connectivity index (χ0v) is 20.3. The van der Waals surface area contributed by atoms with Crippen LogP contribution in [0, 0.1) is 6.92 Å². The number of piperazine rings is 1. The molecule has 0 spiro atoms. The van der Waals surface area contributed by atoms with Gasteiger partial charge in [-0.25, -0.2) is 13.4 Å². The Morgan fingerprint density at radius 1 is 1.00 bits per heavy atom. The van der Waals surface area contributed by atoms with E-state index in [1.165, 1.54) is 33.3 Å². The minimum atomic E-state index is -3.61. The molecule has 1 aliphatic heterocycles. The van der Waals surface area contributed by atoms with Crippen molar-refractivity contribution in [3.8, 4) is 16.3 Å². The Bertz CT molecular complexity index is 1500. The third-order valence-electron chi connectivity index (χ3n) is 5.76. The summed E-state index contributed by atoms with van der Waals surface area (Å²) in [7, 11) is -2.07. The molecule has 34 heavy (non-hydrogen) atoms. The maximum absolute atomic E-state index is 13.0. The van der Waals surface area contributed by atoms with Crippen LogP contribution in [0.5, 0.6) is 5.75 Å². The largest absolute Gasteiger partial charge is 0.497 e. The first-order valence-corrected chi connectivity index (χ1v) is 13.0. The van der Waals surface area contributed by atoms with Gasteiger partial charge >= 0.3 is 0 Å². The second-order valence-electron chi connectivity index (χ2n) is 7.99. The van der Waals surface area contributed by atoms with Crippen molar-refractivity contribution in [2.45, 2.75) is 11.8 Å². The Balaban J connectivity index is 1.35. The van der Waals surface area contributed by atoms with Gasteiger partial charge in [0.25, 0.3) is 5.56 Å². The van der Waals surface area contributed by atoms with Crippen LogP contribution in [0.25, 0.3) is 15.5 Å². The van der Waals surface area contributed by atoms with Crippen LogP contribution in [-0.4, -0.2) is 60.6 Å². The summed E-state index contributed by atoms with van der Waals surface area (Å²) in [4.78, 5) is 20.1. The molecule has 2 aromatic heterocycles. The maximum Gasteiger partial charge on any atom is 0.277 e. The van der Waals surface area contributed by atoms with E-state index in [0.29, 0.717) is 42.7 Å². The molecular weight excluding hydrogens is 474 g/mol. The molecule has 0 amide bonds. The molecule has 0 aliphatic carbocycles. The molecule has 5 rings (SSSR count).